The van der Waals surface area contributed by atoms with Crippen molar-refractivity contribution in [2.24, 2.45) is 5.92 Å². The van der Waals surface area contributed by atoms with Gasteiger partial charge in [0.05, 0.1) is 18.8 Å². The molecule has 2 heterocycles. The Morgan fingerprint density at radius 3 is 3.16 bits per heavy atom. The molecule has 2 fully saturated rings. The fraction of sp³-hybridized carbons (Fsp3) is 0.467. The van der Waals surface area contributed by atoms with E-state index in [0.717, 1.165) is 19.4 Å². The van der Waals surface area contributed by atoms with E-state index in [9.17, 15) is 4.79 Å². The highest BCUT2D eigenvalue weighted by Crippen LogP contribution is 2.40. The van der Waals surface area contributed by atoms with Gasteiger partial charge in [-0.1, -0.05) is 12.1 Å². The summed E-state index contributed by atoms with van der Waals surface area (Å²) >= 11 is 0. The first-order valence-electron chi connectivity index (χ1n) is 6.75. The fourth-order valence-corrected chi connectivity index (χ4v) is 3.24. The summed E-state index contributed by atoms with van der Waals surface area (Å²) < 4.78 is 5.82. The third-order valence-corrected chi connectivity index (χ3v) is 4.06. The Labute approximate surface area is 113 Å². The Bertz CT molecular complexity index is 474. The van der Waals surface area contributed by atoms with Gasteiger partial charge in [0, 0.05) is 18.7 Å². The Kier molecular flexibility index (Phi) is 3.34. The average molecular weight is 258 g/mol. The van der Waals surface area contributed by atoms with Crippen LogP contribution in [-0.2, 0) is 4.74 Å². The molecule has 0 N–H and O–H groups in total. The molecule has 1 aromatic rings. The molecule has 2 aliphatic rings. The van der Waals surface area contributed by atoms with Crippen LogP contribution in [0.5, 0.6) is 0 Å². The zero-order chi connectivity index (χ0) is 13.2. The number of rotatable bonds is 4. The number of fused-ring (bicyclic) bond motifs is 2. The van der Waals surface area contributed by atoms with Gasteiger partial charge in [-0.3, -0.25) is 9.78 Å². The SMILES string of the molecule is C=CCO[C@H]1[C@H]2CC[C@H]1N(C(=O)c1ccccn1)C2. The van der Waals surface area contributed by atoms with E-state index in [0.29, 0.717) is 18.2 Å². The van der Waals surface area contributed by atoms with E-state index in [1.54, 1.807) is 18.3 Å². The average Bonchev–Trinajstić information content (AvgIpc) is 3.02. The van der Waals surface area contributed by atoms with Crippen LogP contribution in [0.2, 0.25) is 0 Å². The normalized spacial score (nSPS) is 28.6. The molecule has 1 aromatic heterocycles. The third kappa shape index (κ3) is 2.16. The van der Waals surface area contributed by atoms with E-state index in [4.69, 9.17) is 4.74 Å². The second-order valence-electron chi connectivity index (χ2n) is 5.16. The molecule has 1 aliphatic heterocycles. The first-order valence-corrected chi connectivity index (χ1v) is 6.75. The number of aromatic nitrogens is 1. The summed E-state index contributed by atoms with van der Waals surface area (Å²) in [5.41, 5.74) is 0.525. The molecule has 1 saturated carbocycles. The molecule has 3 atom stereocenters. The van der Waals surface area contributed by atoms with E-state index < -0.39 is 0 Å². The molecule has 1 aliphatic carbocycles. The molecule has 0 unspecified atom stereocenters. The number of carbonyl (C=O) groups is 1. The highest BCUT2D eigenvalue weighted by Gasteiger charge is 2.49. The predicted octanol–water partition coefficient (Wildman–Crippen LogP) is 1.89. The maximum absolute atomic E-state index is 12.4. The van der Waals surface area contributed by atoms with Crippen LogP contribution in [-0.4, -0.2) is 41.1 Å². The number of hydrogen-bond donors (Lipinski definition) is 0. The molecule has 19 heavy (non-hydrogen) atoms. The predicted molar refractivity (Wildman–Crippen MR) is 71.7 cm³/mol. The van der Waals surface area contributed by atoms with Gasteiger partial charge in [-0.25, -0.2) is 0 Å². The minimum absolute atomic E-state index is 0.0278. The number of piperidine rings is 1. The summed E-state index contributed by atoms with van der Waals surface area (Å²) in [6.07, 6.45) is 5.78. The second-order valence-corrected chi connectivity index (χ2v) is 5.16. The van der Waals surface area contributed by atoms with Crippen molar-refractivity contribution >= 4 is 5.91 Å². The molecule has 2 bridgehead atoms. The number of carbonyl (C=O) groups excluding carboxylic acids is 1. The molecular formula is C15H18N2O2. The molecule has 0 aromatic carbocycles. The molecule has 4 nitrogen and oxygen atoms in total. The molecule has 0 spiro atoms. The number of amides is 1. The van der Waals surface area contributed by atoms with Crippen LogP contribution in [0.15, 0.2) is 37.1 Å². The van der Waals surface area contributed by atoms with Crippen molar-refractivity contribution in [1.82, 2.24) is 9.88 Å². The molecule has 1 saturated heterocycles. The van der Waals surface area contributed by atoms with Gasteiger partial charge < -0.3 is 9.64 Å². The van der Waals surface area contributed by atoms with E-state index in [2.05, 4.69) is 11.6 Å². The van der Waals surface area contributed by atoms with Crippen molar-refractivity contribution < 1.29 is 9.53 Å². The summed E-state index contributed by atoms with van der Waals surface area (Å²) in [6.45, 7) is 5.03. The van der Waals surface area contributed by atoms with Gasteiger partial charge in [0.25, 0.3) is 5.91 Å². The zero-order valence-electron chi connectivity index (χ0n) is 10.9. The molecule has 0 radical (unpaired) electrons. The Balaban J connectivity index is 1.74. The van der Waals surface area contributed by atoms with Crippen LogP contribution >= 0.6 is 0 Å². The van der Waals surface area contributed by atoms with E-state index in [1.165, 1.54) is 0 Å². The van der Waals surface area contributed by atoms with Crippen LogP contribution < -0.4 is 0 Å². The van der Waals surface area contributed by atoms with Gasteiger partial charge in [-0.05, 0) is 25.0 Å². The summed E-state index contributed by atoms with van der Waals surface area (Å²) in [7, 11) is 0. The first-order chi connectivity index (χ1) is 9.31. The lowest BCUT2D eigenvalue weighted by atomic mass is 10.1. The smallest absolute Gasteiger partial charge is 0.272 e. The number of nitrogens with zero attached hydrogens (tertiary/aromatic N) is 2. The van der Waals surface area contributed by atoms with Gasteiger partial charge >= 0.3 is 0 Å². The topological polar surface area (TPSA) is 42.4 Å². The van der Waals surface area contributed by atoms with Crippen LogP contribution in [0.1, 0.15) is 23.3 Å². The molecular weight excluding hydrogens is 240 g/mol. The highest BCUT2D eigenvalue weighted by atomic mass is 16.5. The summed E-state index contributed by atoms with van der Waals surface area (Å²) in [5.74, 6) is 0.498. The van der Waals surface area contributed by atoms with Crippen molar-refractivity contribution in [3.63, 3.8) is 0 Å². The lowest BCUT2D eigenvalue weighted by molar-refractivity contribution is 0.0406. The van der Waals surface area contributed by atoms with Crippen molar-refractivity contribution in [3.8, 4) is 0 Å². The molecule has 100 valence electrons. The lowest BCUT2D eigenvalue weighted by Gasteiger charge is -2.26. The molecule has 3 rings (SSSR count). The summed E-state index contributed by atoms with van der Waals surface area (Å²) in [6, 6.07) is 5.65. The van der Waals surface area contributed by atoms with E-state index in [-0.39, 0.29) is 18.1 Å². The minimum Gasteiger partial charge on any atom is -0.372 e. The summed E-state index contributed by atoms with van der Waals surface area (Å²) in [4.78, 5) is 18.5. The Morgan fingerprint density at radius 2 is 2.42 bits per heavy atom. The van der Waals surface area contributed by atoms with Crippen LogP contribution in [0, 0.1) is 5.92 Å². The zero-order valence-corrected chi connectivity index (χ0v) is 10.9. The van der Waals surface area contributed by atoms with Crippen molar-refractivity contribution in [1.29, 1.82) is 0 Å². The monoisotopic (exact) mass is 258 g/mol. The van der Waals surface area contributed by atoms with Gasteiger partial charge in [0.1, 0.15) is 5.69 Å². The largest absolute Gasteiger partial charge is 0.372 e. The maximum Gasteiger partial charge on any atom is 0.272 e. The highest BCUT2D eigenvalue weighted by molar-refractivity contribution is 5.92. The number of likely N-dealkylation sites (tertiary alicyclic amines) is 1. The number of ether oxygens (including phenoxy) is 1. The van der Waals surface area contributed by atoms with Crippen LogP contribution in [0.25, 0.3) is 0 Å². The summed E-state index contributed by atoms with van der Waals surface area (Å²) in [5, 5.41) is 0. The van der Waals surface area contributed by atoms with Crippen molar-refractivity contribution in [3.05, 3.63) is 42.7 Å². The Hall–Kier alpha value is -1.68. The van der Waals surface area contributed by atoms with Crippen molar-refractivity contribution in [2.45, 2.75) is 25.0 Å². The van der Waals surface area contributed by atoms with E-state index in [1.807, 2.05) is 17.0 Å². The van der Waals surface area contributed by atoms with Crippen LogP contribution in [0.4, 0.5) is 0 Å². The van der Waals surface area contributed by atoms with Gasteiger partial charge in [-0.15, -0.1) is 6.58 Å². The molecule has 4 heteroatoms. The standard InChI is InChI=1S/C15H18N2O2/c1-2-9-19-14-11-6-7-13(14)17(10-11)15(18)12-5-3-4-8-16-12/h2-5,8,11,13-14H,1,6-7,9-10H2/t11-,13+,14-/m0/s1. The fourth-order valence-electron chi connectivity index (χ4n) is 3.24. The Morgan fingerprint density at radius 1 is 1.53 bits per heavy atom. The number of pyridine rings is 1. The van der Waals surface area contributed by atoms with Crippen molar-refractivity contribution in [2.75, 3.05) is 13.2 Å². The number of hydrogen-bond acceptors (Lipinski definition) is 3. The van der Waals surface area contributed by atoms with Gasteiger partial charge in [0.15, 0.2) is 0 Å². The van der Waals surface area contributed by atoms with Gasteiger partial charge in [0.2, 0.25) is 0 Å². The molecule has 1 amide bonds. The first kappa shape index (κ1) is 12.4. The third-order valence-electron chi connectivity index (χ3n) is 4.06. The second kappa shape index (κ2) is 5.13. The lowest BCUT2D eigenvalue weighted by Crippen LogP contribution is -2.40. The minimum atomic E-state index is 0.0278. The maximum atomic E-state index is 12.4. The quantitative estimate of drug-likeness (QED) is 0.774. The van der Waals surface area contributed by atoms with Crippen LogP contribution in [0.3, 0.4) is 0 Å². The van der Waals surface area contributed by atoms with Gasteiger partial charge in [-0.2, -0.15) is 0 Å². The van der Waals surface area contributed by atoms with E-state index >= 15 is 0 Å².